The summed E-state index contributed by atoms with van der Waals surface area (Å²) in [5, 5.41) is 3.05. The number of rotatable bonds is 6. The average Bonchev–Trinajstić information content (AvgIpc) is 2.65. The molecule has 2 atom stereocenters. The molecule has 2 aliphatic heterocycles. The number of amides is 1. The highest BCUT2D eigenvalue weighted by atomic mass is 16.6. The van der Waals surface area contributed by atoms with Crippen molar-refractivity contribution in [2.75, 3.05) is 32.8 Å². The third-order valence-corrected chi connectivity index (χ3v) is 5.37. The van der Waals surface area contributed by atoms with Crippen LogP contribution in [0.5, 0.6) is 0 Å². The first kappa shape index (κ1) is 19.8. The van der Waals surface area contributed by atoms with Crippen LogP contribution in [-0.4, -0.2) is 61.3 Å². The summed E-state index contributed by atoms with van der Waals surface area (Å²) in [6.07, 6.45) is 1.40. The van der Waals surface area contributed by atoms with Gasteiger partial charge in [0, 0.05) is 32.1 Å². The van der Waals surface area contributed by atoms with Gasteiger partial charge in [0.1, 0.15) is 0 Å². The largest absolute Gasteiger partial charge is 0.445 e. The highest BCUT2D eigenvalue weighted by Crippen LogP contribution is 2.28. The average molecular weight is 374 g/mol. The smallest absolute Gasteiger partial charge is 0.339 e. The second-order valence-corrected chi connectivity index (χ2v) is 8.10. The second kappa shape index (κ2) is 8.40. The molecule has 6 heteroatoms. The summed E-state index contributed by atoms with van der Waals surface area (Å²) < 4.78 is 11.0. The standard InChI is InChI=1S/C21H30N2O4/c1-15(2)12-17(23-8-10-26-11-9-23)14-22-20(25)21(3)13-16-6-4-5-7-18(16)19(24)27-21/h4-7,15,17H,8-14H2,1-3H3,(H,22,25). The van der Waals surface area contributed by atoms with Crippen LogP contribution in [0.25, 0.3) is 0 Å². The number of nitrogens with zero attached hydrogens (tertiary/aromatic N) is 1. The van der Waals surface area contributed by atoms with Crippen molar-refractivity contribution in [3.63, 3.8) is 0 Å². The number of hydrogen-bond donors (Lipinski definition) is 1. The lowest BCUT2D eigenvalue weighted by Gasteiger charge is -2.37. The maximum atomic E-state index is 12.9. The number of ether oxygens (including phenoxy) is 2. The zero-order valence-electron chi connectivity index (χ0n) is 16.5. The molecule has 1 saturated heterocycles. The van der Waals surface area contributed by atoms with Crippen LogP contribution in [0.2, 0.25) is 0 Å². The fourth-order valence-corrected chi connectivity index (χ4v) is 3.91. The Kier molecular flexibility index (Phi) is 6.17. The van der Waals surface area contributed by atoms with Gasteiger partial charge >= 0.3 is 5.97 Å². The van der Waals surface area contributed by atoms with E-state index < -0.39 is 11.6 Å². The lowest BCUT2D eigenvalue weighted by Crippen LogP contribution is -2.55. The van der Waals surface area contributed by atoms with Crippen molar-refractivity contribution in [1.82, 2.24) is 10.2 Å². The van der Waals surface area contributed by atoms with Gasteiger partial charge in [-0.1, -0.05) is 32.0 Å². The molecule has 0 aromatic heterocycles. The van der Waals surface area contributed by atoms with E-state index in [-0.39, 0.29) is 11.9 Å². The molecule has 0 aliphatic carbocycles. The van der Waals surface area contributed by atoms with Crippen molar-refractivity contribution in [3.05, 3.63) is 35.4 Å². The van der Waals surface area contributed by atoms with Crippen molar-refractivity contribution in [2.45, 2.75) is 45.3 Å². The lowest BCUT2D eigenvalue weighted by molar-refractivity contribution is -0.140. The van der Waals surface area contributed by atoms with Gasteiger partial charge in [0.25, 0.3) is 5.91 Å². The van der Waals surface area contributed by atoms with Gasteiger partial charge < -0.3 is 14.8 Å². The van der Waals surface area contributed by atoms with Crippen LogP contribution in [0.3, 0.4) is 0 Å². The Bertz CT molecular complexity index is 685. The Morgan fingerprint density at radius 2 is 1.96 bits per heavy atom. The number of cyclic esters (lactones) is 1. The number of fused-ring (bicyclic) bond motifs is 1. The topological polar surface area (TPSA) is 67.9 Å². The molecule has 27 heavy (non-hydrogen) atoms. The SMILES string of the molecule is CC(C)CC(CNC(=O)C1(C)Cc2ccccc2C(=O)O1)N1CCOCC1. The van der Waals surface area contributed by atoms with Crippen molar-refractivity contribution in [2.24, 2.45) is 5.92 Å². The monoisotopic (exact) mass is 374 g/mol. The predicted molar refractivity (Wildman–Crippen MR) is 103 cm³/mol. The number of carbonyl (C=O) groups excluding carboxylic acids is 2. The first-order chi connectivity index (χ1) is 12.9. The zero-order chi connectivity index (χ0) is 19.4. The van der Waals surface area contributed by atoms with Crippen LogP contribution in [-0.2, 0) is 20.7 Å². The minimum atomic E-state index is -1.17. The number of carbonyl (C=O) groups is 2. The van der Waals surface area contributed by atoms with E-state index >= 15 is 0 Å². The van der Waals surface area contributed by atoms with Crippen LogP contribution in [0.4, 0.5) is 0 Å². The molecule has 2 aliphatic rings. The number of nitrogens with one attached hydrogen (secondary N) is 1. The Morgan fingerprint density at radius 1 is 1.26 bits per heavy atom. The third kappa shape index (κ3) is 4.68. The number of morpholine rings is 1. The molecule has 6 nitrogen and oxygen atoms in total. The zero-order valence-corrected chi connectivity index (χ0v) is 16.5. The Morgan fingerprint density at radius 3 is 2.67 bits per heavy atom. The van der Waals surface area contributed by atoms with E-state index in [9.17, 15) is 9.59 Å². The molecule has 0 radical (unpaired) electrons. The fraction of sp³-hybridized carbons (Fsp3) is 0.619. The van der Waals surface area contributed by atoms with E-state index in [4.69, 9.17) is 9.47 Å². The summed E-state index contributed by atoms with van der Waals surface area (Å²) in [6.45, 7) is 9.85. The van der Waals surface area contributed by atoms with Crippen molar-refractivity contribution in [3.8, 4) is 0 Å². The van der Waals surface area contributed by atoms with E-state index in [0.29, 0.717) is 24.4 Å². The van der Waals surface area contributed by atoms with Crippen LogP contribution in [0, 0.1) is 5.92 Å². The molecule has 148 valence electrons. The third-order valence-electron chi connectivity index (χ3n) is 5.37. The molecule has 1 aromatic carbocycles. The summed E-state index contributed by atoms with van der Waals surface area (Å²) in [7, 11) is 0. The van der Waals surface area contributed by atoms with Gasteiger partial charge in [-0.05, 0) is 30.9 Å². The first-order valence-electron chi connectivity index (χ1n) is 9.80. The molecule has 2 unspecified atom stereocenters. The number of esters is 1. The maximum Gasteiger partial charge on any atom is 0.339 e. The highest BCUT2D eigenvalue weighted by molar-refractivity contribution is 5.97. The quantitative estimate of drug-likeness (QED) is 0.772. The number of hydrogen-bond acceptors (Lipinski definition) is 5. The molecule has 0 saturated carbocycles. The summed E-state index contributed by atoms with van der Waals surface area (Å²) in [5.74, 6) is -0.126. The fourth-order valence-electron chi connectivity index (χ4n) is 3.91. The van der Waals surface area contributed by atoms with E-state index in [1.54, 1.807) is 13.0 Å². The summed E-state index contributed by atoms with van der Waals surface area (Å²) in [6, 6.07) is 7.57. The van der Waals surface area contributed by atoms with Crippen LogP contribution >= 0.6 is 0 Å². The van der Waals surface area contributed by atoms with Gasteiger partial charge in [-0.15, -0.1) is 0 Å². The molecule has 2 heterocycles. The van der Waals surface area contributed by atoms with Gasteiger partial charge in [0.2, 0.25) is 0 Å². The van der Waals surface area contributed by atoms with Crippen molar-refractivity contribution < 1.29 is 19.1 Å². The molecule has 0 bridgehead atoms. The second-order valence-electron chi connectivity index (χ2n) is 8.10. The van der Waals surface area contributed by atoms with Crippen molar-refractivity contribution >= 4 is 11.9 Å². The summed E-state index contributed by atoms with van der Waals surface area (Å²) in [5.41, 5.74) is 0.242. The van der Waals surface area contributed by atoms with E-state index in [1.165, 1.54) is 0 Å². The summed E-state index contributed by atoms with van der Waals surface area (Å²) >= 11 is 0. The molecule has 3 rings (SSSR count). The van der Waals surface area contributed by atoms with Crippen LogP contribution in [0.15, 0.2) is 24.3 Å². The molecule has 0 spiro atoms. The summed E-state index contributed by atoms with van der Waals surface area (Å²) in [4.78, 5) is 27.6. The molecular weight excluding hydrogens is 344 g/mol. The Hall–Kier alpha value is -1.92. The van der Waals surface area contributed by atoms with Crippen LogP contribution in [0.1, 0.15) is 43.1 Å². The van der Waals surface area contributed by atoms with Gasteiger partial charge in [-0.3, -0.25) is 9.69 Å². The van der Waals surface area contributed by atoms with Crippen molar-refractivity contribution in [1.29, 1.82) is 0 Å². The highest BCUT2D eigenvalue weighted by Gasteiger charge is 2.42. The van der Waals surface area contributed by atoms with Gasteiger partial charge in [-0.25, -0.2) is 4.79 Å². The molecular formula is C21H30N2O4. The van der Waals surface area contributed by atoms with Gasteiger partial charge in [0.05, 0.1) is 18.8 Å². The van der Waals surface area contributed by atoms with E-state index in [1.807, 2.05) is 18.2 Å². The van der Waals surface area contributed by atoms with Gasteiger partial charge in [-0.2, -0.15) is 0 Å². The molecule has 1 aromatic rings. The molecule has 1 fully saturated rings. The van der Waals surface area contributed by atoms with E-state index in [0.717, 1.165) is 38.3 Å². The van der Waals surface area contributed by atoms with Crippen LogP contribution < -0.4 is 5.32 Å². The predicted octanol–water partition coefficient (Wildman–Crippen LogP) is 2.02. The molecule has 1 N–H and O–H groups in total. The normalized spacial score (nSPS) is 24.2. The minimum Gasteiger partial charge on any atom is -0.445 e. The van der Waals surface area contributed by atoms with Gasteiger partial charge in [0.15, 0.2) is 5.60 Å². The lowest BCUT2D eigenvalue weighted by atomic mass is 9.89. The minimum absolute atomic E-state index is 0.229. The Balaban J connectivity index is 1.65. The van der Waals surface area contributed by atoms with E-state index in [2.05, 4.69) is 24.1 Å². The maximum absolute atomic E-state index is 12.9. The molecule has 1 amide bonds. The number of benzene rings is 1. The Labute approximate surface area is 161 Å². The first-order valence-corrected chi connectivity index (χ1v) is 9.80.